The zero-order chi connectivity index (χ0) is 14.5. The Morgan fingerprint density at radius 2 is 1.85 bits per heavy atom. The quantitative estimate of drug-likeness (QED) is 0.817. The van der Waals surface area contributed by atoms with Gasteiger partial charge in [0.25, 0.3) is 0 Å². The molecule has 20 heavy (non-hydrogen) atoms. The molecule has 0 aliphatic rings. The van der Waals surface area contributed by atoms with Gasteiger partial charge in [0.1, 0.15) is 5.82 Å². The van der Waals surface area contributed by atoms with Crippen molar-refractivity contribution in [3.05, 3.63) is 65.0 Å². The number of rotatable bonds is 5. The number of anilines is 1. The molecule has 0 saturated heterocycles. The van der Waals surface area contributed by atoms with E-state index in [1.54, 1.807) is 6.07 Å². The molecule has 1 atom stereocenters. The average Bonchev–Trinajstić information content (AvgIpc) is 2.42. The lowest BCUT2D eigenvalue weighted by Gasteiger charge is -2.17. The van der Waals surface area contributed by atoms with E-state index in [1.165, 1.54) is 17.2 Å². The summed E-state index contributed by atoms with van der Waals surface area (Å²) in [6.07, 6.45) is 2.06. The molecule has 2 aromatic rings. The van der Waals surface area contributed by atoms with Crippen LogP contribution in [0.3, 0.4) is 0 Å². The highest BCUT2D eigenvalue weighted by molar-refractivity contribution is 5.51. The fraction of sp³-hybridized carbons (Fsp3) is 0.333. The fourth-order valence-corrected chi connectivity index (χ4v) is 2.35. The second kappa shape index (κ2) is 6.56. The average molecular weight is 271 g/mol. The minimum absolute atomic E-state index is 0.152. The van der Waals surface area contributed by atoms with Gasteiger partial charge in [-0.2, -0.15) is 0 Å². The van der Waals surface area contributed by atoms with Crippen LogP contribution in [0.4, 0.5) is 10.1 Å². The highest BCUT2D eigenvalue weighted by Gasteiger charge is 2.07. The lowest BCUT2D eigenvalue weighted by atomic mass is 10.0. The van der Waals surface area contributed by atoms with E-state index in [4.69, 9.17) is 0 Å². The van der Waals surface area contributed by atoms with Crippen molar-refractivity contribution < 1.29 is 4.39 Å². The van der Waals surface area contributed by atoms with Gasteiger partial charge >= 0.3 is 0 Å². The zero-order valence-electron chi connectivity index (χ0n) is 12.4. The zero-order valence-corrected chi connectivity index (χ0v) is 12.4. The van der Waals surface area contributed by atoms with Crippen molar-refractivity contribution in [2.75, 3.05) is 5.32 Å². The summed E-state index contributed by atoms with van der Waals surface area (Å²) in [6, 6.07) is 14.1. The molecule has 2 rings (SSSR count). The Hall–Kier alpha value is -1.83. The van der Waals surface area contributed by atoms with Gasteiger partial charge in [0, 0.05) is 17.3 Å². The van der Waals surface area contributed by atoms with E-state index in [-0.39, 0.29) is 5.82 Å². The van der Waals surface area contributed by atoms with Gasteiger partial charge in [-0.25, -0.2) is 4.39 Å². The van der Waals surface area contributed by atoms with Crippen molar-refractivity contribution in [2.45, 2.75) is 39.7 Å². The summed E-state index contributed by atoms with van der Waals surface area (Å²) in [4.78, 5) is 0. The molecule has 0 aliphatic carbocycles. The minimum atomic E-state index is -0.152. The summed E-state index contributed by atoms with van der Waals surface area (Å²) in [5.41, 5.74) is 4.23. The maximum atomic E-state index is 13.5. The van der Waals surface area contributed by atoms with Gasteiger partial charge in [-0.15, -0.1) is 0 Å². The minimum Gasteiger partial charge on any atom is -0.382 e. The summed E-state index contributed by atoms with van der Waals surface area (Å²) in [6.45, 7) is 6.06. The largest absolute Gasteiger partial charge is 0.382 e. The molecule has 1 N–H and O–H groups in total. The van der Waals surface area contributed by atoms with Crippen LogP contribution in [0, 0.1) is 19.7 Å². The monoisotopic (exact) mass is 271 g/mol. The Balaban J connectivity index is 1.92. The molecule has 2 aromatic carbocycles. The van der Waals surface area contributed by atoms with Crippen LogP contribution in [0.2, 0.25) is 0 Å². The molecule has 106 valence electrons. The Morgan fingerprint density at radius 1 is 1.10 bits per heavy atom. The van der Waals surface area contributed by atoms with Crippen LogP contribution in [-0.4, -0.2) is 6.04 Å². The van der Waals surface area contributed by atoms with Crippen LogP contribution < -0.4 is 5.32 Å². The number of aryl methyl sites for hydroxylation is 2. The third-order valence-electron chi connectivity index (χ3n) is 3.62. The third-order valence-corrected chi connectivity index (χ3v) is 3.62. The lowest BCUT2D eigenvalue weighted by molar-refractivity contribution is 0.617. The van der Waals surface area contributed by atoms with Crippen molar-refractivity contribution in [1.29, 1.82) is 0 Å². The molecule has 0 aliphatic heterocycles. The van der Waals surface area contributed by atoms with Crippen LogP contribution in [0.25, 0.3) is 0 Å². The van der Waals surface area contributed by atoms with Gasteiger partial charge in [0.15, 0.2) is 0 Å². The molecule has 0 amide bonds. The standard InChI is InChI=1S/C18H22FN/c1-13-6-4-7-16(12-13)11-10-14(2)20-18-9-5-8-17(19)15(18)3/h4-9,12,14,20H,10-11H2,1-3H3. The Labute approximate surface area is 120 Å². The van der Waals surface area contributed by atoms with Gasteiger partial charge in [-0.05, 0) is 51.3 Å². The molecule has 0 heterocycles. The smallest absolute Gasteiger partial charge is 0.128 e. The highest BCUT2D eigenvalue weighted by Crippen LogP contribution is 2.19. The SMILES string of the molecule is Cc1cccc(CCC(C)Nc2cccc(F)c2C)c1. The summed E-state index contributed by atoms with van der Waals surface area (Å²) in [7, 11) is 0. The van der Waals surface area contributed by atoms with Crippen molar-refractivity contribution in [3.63, 3.8) is 0 Å². The van der Waals surface area contributed by atoms with Crippen LogP contribution in [0.15, 0.2) is 42.5 Å². The first-order valence-electron chi connectivity index (χ1n) is 7.13. The van der Waals surface area contributed by atoms with Crippen molar-refractivity contribution in [3.8, 4) is 0 Å². The predicted octanol–water partition coefficient (Wildman–Crippen LogP) is 4.88. The molecule has 0 aromatic heterocycles. The van der Waals surface area contributed by atoms with Gasteiger partial charge in [0.2, 0.25) is 0 Å². The first-order valence-corrected chi connectivity index (χ1v) is 7.13. The highest BCUT2D eigenvalue weighted by atomic mass is 19.1. The number of nitrogens with one attached hydrogen (secondary N) is 1. The molecule has 0 saturated carbocycles. The first kappa shape index (κ1) is 14.6. The third kappa shape index (κ3) is 3.83. The van der Waals surface area contributed by atoms with E-state index in [2.05, 4.69) is 43.4 Å². The van der Waals surface area contributed by atoms with E-state index < -0.39 is 0 Å². The number of hydrogen-bond donors (Lipinski definition) is 1. The Bertz CT molecular complexity index is 577. The summed E-state index contributed by atoms with van der Waals surface area (Å²) < 4.78 is 13.5. The van der Waals surface area contributed by atoms with Gasteiger partial charge in [-0.1, -0.05) is 35.9 Å². The topological polar surface area (TPSA) is 12.0 Å². The predicted molar refractivity (Wildman–Crippen MR) is 83.7 cm³/mol. The van der Waals surface area contributed by atoms with Crippen LogP contribution in [0.1, 0.15) is 30.0 Å². The molecular weight excluding hydrogens is 249 g/mol. The Kier molecular flexibility index (Phi) is 4.78. The van der Waals surface area contributed by atoms with Crippen molar-refractivity contribution in [1.82, 2.24) is 0 Å². The molecule has 0 fully saturated rings. The molecular formula is C18H22FN. The number of hydrogen-bond acceptors (Lipinski definition) is 1. The van der Waals surface area contributed by atoms with Crippen molar-refractivity contribution in [2.24, 2.45) is 0 Å². The molecule has 1 nitrogen and oxygen atoms in total. The van der Waals surface area contributed by atoms with E-state index >= 15 is 0 Å². The van der Waals surface area contributed by atoms with Gasteiger partial charge in [0.05, 0.1) is 0 Å². The normalized spacial score (nSPS) is 12.2. The van der Waals surface area contributed by atoms with E-state index in [0.717, 1.165) is 18.5 Å². The number of benzene rings is 2. The second-order valence-electron chi connectivity index (χ2n) is 5.49. The van der Waals surface area contributed by atoms with Crippen LogP contribution in [0.5, 0.6) is 0 Å². The van der Waals surface area contributed by atoms with Gasteiger partial charge < -0.3 is 5.32 Å². The van der Waals surface area contributed by atoms with Crippen LogP contribution >= 0.6 is 0 Å². The molecule has 0 radical (unpaired) electrons. The lowest BCUT2D eigenvalue weighted by Crippen LogP contribution is -2.17. The molecule has 2 heteroatoms. The number of halogens is 1. The Morgan fingerprint density at radius 3 is 2.60 bits per heavy atom. The summed E-state index contributed by atoms with van der Waals surface area (Å²) >= 11 is 0. The second-order valence-corrected chi connectivity index (χ2v) is 5.49. The first-order chi connectivity index (χ1) is 9.56. The van der Waals surface area contributed by atoms with E-state index in [9.17, 15) is 4.39 Å². The summed E-state index contributed by atoms with van der Waals surface area (Å²) in [5.74, 6) is -0.152. The van der Waals surface area contributed by atoms with Crippen molar-refractivity contribution >= 4 is 5.69 Å². The van der Waals surface area contributed by atoms with E-state index in [0.29, 0.717) is 11.6 Å². The molecule has 1 unspecified atom stereocenters. The molecule has 0 spiro atoms. The summed E-state index contributed by atoms with van der Waals surface area (Å²) in [5, 5.41) is 3.40. The molecule has 0 bridgehead atoms. The van der Waals surface area contributed by atoms with E-state index in [1.807, 2.05) is 13.0 Å². The fourth-order valence-electron chi connectivity index (χ4n) is 2.35. The maximum absolute atomic E-state index is 13.5. The van der Waals surface area contributed by atoms with Gasteiger partial charge in [-0.3, -0.25) is 0 Å². The van der Waals surface area contributed by atoms with Crippen LogP contribution in [-0.2, 0) is 6.42 Å². The maximum Gasteiger partial charge on any atom is 0.128 e.